The lowest BCUT2D eigenvalue weighted by Gasteiger charge is -2.11. The number of hydrogen-bond donors (Lipinski definition) is 1. The lowest BCUT2D eigenvalue weighted by Crippen LogP contribution is -2.16. The number of aromatic nitrogens is 3. The van der Waals surface area contributed by atoms with Crippen molar-refractivity contribution in [3.63, 3.8) is 0 Å². The molecule has 0 saturated carbocycles. The van der Waals surface area contributed by atoms with Gasteiger partial charge in [0, 0.05) is 18.4 Å². The van der Waals surface area contributed by atoms with E-state index in [1.54, 1.807) is 14.2 Å². The van der Waals surface area contributed by atoms with Crippen LogP contribution in [-0.4, -0.2) is 47.3 Å². The van der Waals surface area contributed by atoms with E-state index in [9.17, 15) is 4.79 Å². The lowest BCUT2D eigenvalue weighted by atomic mass is 10.1. The molecular weight excluding hydrogens is 400 g/mol. The predicted octanol–water partition coefficient (Wildman–Crippen LogP) is 3.89. The molecule has 158 valence electrons. The van der Waals surface area contributed by atoms with Crippen LogP contribution in [0.15, 0.2) is 53.7 Å². The molecule has 0 spiro atoms. The second-order valence-electron chi connectivity index (χ2n) is 6.53. The second-order valence-corrected chi connectivity index (χ2v) is 7.47. The number of aryl methyl sites for hydroxylation is 1. The highest BCUT2D eigenvalue weighted by Crippen LogP contribution is 2.26. The molecule has 2 aromatic carbocycles. The second kappa shape index (κ2) is 10.8. The van der Waals surface area contributed by atoms with Crippen LogP contribution in [0.1, 0.15) is 12.5 Å². The first-order valence-corrected chi connectivity index (χ1v) is 10.7. The number of nitrogens with zero attached hydrogens (tertiary/aromatic N) is 3. The Hall–Kier alpha value is -2.84. The van der Waals surface area contributed by atoms with Crippen LogP contribution in [0.3, 0.4) is 0 Å². The summed E-state index contributed by atoms with van der Waals surface area (Å²) in [4.78, 5) is 12.5. The Morgan fingerprint density at radius 1 is 1.10 bits per heavy atom. The van der Waals surface area contributed by atoms with Gasteiger partial charge >= 0.3 is 0 Å². The van der Waals surface area contributed by atoms with E-state index in [1.807, 2.05) is 53.1 Å². The fourth-order valence-corrected chi connectivity index (χ4v) is 3.76. The van der Waals surface area contributed by atoms with Crippen LogP contribution in [0, 0.1) is 0 Å². The fourth-order valence-electron chi connectivity index (χ4n) is 3.00. The molecule has 0 aliphatic heterocycles. The summed E-state index contributed by atoms with van der Waals surface area (Å²) in [6.45, 7) is 3.18. The summed E-state index contributed by atoms with van der Waals surface area (Å²) in [6.07, 6.45) is 0.861. The van der Waals surface area contributed by atoms with Gasteiger partial charge in [0.1, 0.15) is 5.75 Å². The first-order chi connectivity index (χ1) is 14.7. The van der Waals surface area contributed by atoms with Crippen LogP contribution < -0.4 is 10.1 Å². The molecule has 0 saturated heterocycles. The standard InChI is InChI=1S/C22H26N4O3S/c1-4-16-7-5-6-8-19(16)23-20(27)15-30-22-25-24-21(26(22)13-14-28-2)17-9-11-18(29-3)12-10-17/h5-12H,4,13-15H2,1-3H3,(H,23,27). The topological polar surface area (TPSA) is 78.3 Å². The Balaban J connectivity index is 1.73. The van der Waals surface area contributed by atoms with Crippen LogP contribution in [0.2, 0.25) is 0 Å². The largest absolute Gasteiger partial charge is 0.497 e. The van der Waals surface area contributed by atoms with Crippen LogP contribution >= 0.6 is 11.8 Å². The summed E-state index contributed by atoms with van der Waals surface area (Å²) in [5.41, 5.74) is 2.89. The van der Waals surface area contributed by atoms with Gasteiger partial charge in [0.05, 0.1) is 26.0 Å². The van der Waals surface area contributed by atoms with Crippen molar-refractivity contribution in [3.05, 3.63) is 54.1 Å². The Kier molecular flexibility index (Phi) is 7.87. The first-order valence-electron chi connectivity index (χ1n) is 9.73. The van der Waals surface area contributed by atoms with E-state index in [2.05, 4.69) is 22.4 Å². The number of amides is 1. The van der Waals surface area contributed by atoms with E-state index in [1.165, 1.54) is 11.8 Å². The van der Waals surface area contributed by atoms with Gasteiger partial charge in [-0.2, -0.15) is 0 Å². The lowest BCUT2D eigenvalue weighted by molar-refractivity contribution is -0.113. The van der Waals surface area contributed by atoms with Crippen molar-refractivity contribution in [1.29, 1.82) is 0 Å². The maximum atomic E-state index is 12.5. The van der Waals surface area contributed by atoms with Crippen molar-refractivity contribution in [2.75, 3.05) is 31.9 Å². The van der Waals surface area contributed by atoms with Gasteiger partial charge in [0.25, 0.3) is 0 Å². The summed E-state index contributed by atoms with van der Waals surface area (Å²) >= 11 is 1.36. The summed E-state index contributed by atoms with van der Waals surface area (Å²) in [5.74, 6) is 1.67. The van der Waals surface area contributed by atoms with E-state index in [4.69, 9.17) is 9.47 Å². The number of para-hydroxylation sites is 1. The zero-order valence-electron chi connectivity index (χ0n) is 17.4. The summed E-state index contributed by atoms with van der Waals surface area (Å²) in [5, 5.41) is 12.3. The van der Waals surface area contributed by atoms with Gasteiger partial charge in [0.2, 0.25) is 5.91 Å². The van der Waals surface area contributed by atoms with Crippen LogP contribution in [0.4, 0.5) is 5.69 Å². The van der Waals surface area contributed by atoms with Gasteiger partial charge in [-0.3, -0.25) is 9.36 Å². The maximum absolute atomic E-state index is 12.5. The Bertz CT molecular complexity index is 973. The molecule has 1 N–H and O–H groups in total. The number of nitrogens with one attached hydrogen (secondary N) is 1. The average Bonchev–Trinajstić information content (AvgIpc) is 3.19. The highest BCUT2D eigenvalue weighted by Gasteiger charge is 2.16. The number of anilines is 1. The van der Waals surface area contributed by atoms with E-state index < -0.39 is 0 Å². The normalized spacial score (nSPS) is 10.8. The van der Waals surface area contributed by atoms with Crippen molar-refractivity contribution >= 4 is 23.4 Å². The monoisotopic (exact) mass is 426 g/mol. The Morgan fingerprint density at radius 2 is 1.87 bits per heavy atom. The third kappa shape index (κ3) is 5.40. The summed E-state index contributed by atoms with van der Waals surface area (Å²) < 4.78 is 12.4. The molecule has 8 heteroatoms. The fraction of sp³-hybridized carbons (Fsp3) is 0.318. The predicted molar refractivity (Wildman–Crippen MR) is 119 cm³/mol. The molecule has 0 bridgehead atoms. The SMILES string of the molecule is CCc1ccccc1NC(=O)CSc1nnc(-c2ccc(OC)cc2)n1CCOC. The molecular formula is C22H26N4O3S. The first kappa shape index (κ1) is 21.9. The molecule has 0 radical (unpaired) electrons. The van der Waals surface area contributed by atoms with Crippen molar-refractivity contribution in [1.82, 2.24) is 14.8 Å². The number of carbonyl (C=O) groups excluding carboxylic acids is 1. The van der Waals surface area contributed by atoms with Crippen molar-refractivity contribution in [2.24, 2.45) is 0 Å². The van der Waals surface area contributed by atoms with Crippen LogP contribution in [-0.2, 0) is 22.5 Å². The average molecular weight is 427 g/mol. The molecule has 0 atom stereocenters. The number of hydrogen-bond acceptors (Lipinski definition) is 6. The van der Waals surface area contributed by atoms with Gasteiger partial charge in [-0.1, -0.05) is 36.9 Å². The summed E-state index contributed by atoms with van der Waals surface area (Å²) in [6, 6.07) is 15.5. The summed E-state index contributed by atoms with van der Waals surface area (Å²) in [7, 11) is 3.29. The molecule has 30 heavy (non-hydrogen) atoms. The third-order valence-electron chi connectivity index (χ3n) is 4.59. The quantitative estimate of drug-likeness (QED) is 0.496. The molecule has 0 unspecified atom stereocenters. The molecule has 3 aromatic rings. The maximum Gasteiger partial charge on any atom is 0.234 e. The smallest absolute Gasteiger partial charge is 0.234 e. The minimum absolute atomic E-state index is 0.0758. The van der Waals surface area contributed by atoms with Crippen molar-refractivity contribution in [2.45, 2.75) is 25.0 Å². The van der Waals surface area contributed by atoms with Gasteiger partial charge in [-0.15, -0.1) is 10.2 Å². The molecule has 7 nitrogen and oxygen atoms in total. The highest BCUT2D eigenvalue weighted by molar-refractivity contribution is 7.99. The number of methoxy groups -OCH3 is 2. The van der Waals surface area contributed by atoms with E-state index in [0.29, 0.717) is 18.3 Å². The van der Waals surface area contributed by atoms with Crippen molar-refractivity contribution in [3.8, 4) is 17.1 Å². The van der Waals surface area contributed by atoms with Crippen LogP contribution in [0.5, 0.6) is 5.75 Å². The molecule has 1 amide bonds. The number of rotatable bonds is 10. The van der Waals surface area contributed by atoms with E-state index >= 15 is 0 Å². The molecule has 1 heterocycles. The number of benzene rings is 2. The zero-order chi connectivity index (χ0) is 21.3. The molecule has 0 fully saturated rings. The number of thioether (sulfide) groups is 1. The minimum atomic E-state index is -0.0758. The molecule has 0 aliphatic rings. The van der Waals surface area contributed by atoms with E-state index in [-0.39, 0.29) is 11.7 Å². The molecule has 1 aromatic heterocycles. The zero-order valence-corrected chi connectivity index (χ0v) is 18.2. The highest BCUT2D eigenvalue weighted by atomic mass is 32.2. The molecule has 0 aliphatic carbocycles. The van der Waals surface area contributed by atoms with Gasteiger partial charge in [0.15, 0.2) is 11.0 Å². The number of carbonyl (C=O) groups is 1. The Morgan fingerprint density at radius 3 is 2.57 bits per heavy atom. The minimum Gasteiger partial charge on any atom is -0.497 e. The van der Waals surface area contributed by atoms with Crippen LogP contribution in [0.25, 0.3) is 11.4 Å². The van der Waals surface area contributed by atoms with Gasteiger partial charge < -0.3 is 14.8 Å². The van der Waals surface area contributed by atoms with Gasteiger partial charge in [-0.25, -0.2) is 0 Å². The molecule has 3 rings (SSSR count). The van der Waals surface area contributed by atoms with Crippen molar-refractivity contribution < 1.29 is 14.3 Å². The number of ether oxygens (including phenoxy) is 2. The third-order valence-corrected chi connectivity index (χ3v) is 5.56. The Labute approximate surface area is 180 Å². The van der Waals surface area contributed by atoms with E-state index in [0.717, 1.165) is 34.8 Å². The van der Waals surface area contributed by atoms with Gasteiger partial charge in [-0.05, 0) is 42.3 Å².